The van der Waals surface area contributed by atoms with Crippen LogP contribution >= 0.6 is 0 Å². The predicted molar refractivity (Wildman–Crippen MR) is 68.7 cm³/mol. The molecule has 3 heterocycles. The maximum absolute atomic E-state index is 11.8. The van der Waals surface area contributed by atoms with E-state index < -0.39 is 5.97 Å². The fraction of sp³-hybridized carbons (Fsp3) is 0.385. The van der Waals surface area contributed by atoms with Crippen molar-refractivity contribution in [3.05, 3.63) is 29.7 Å². The van der Waals surface area contributed by atoms with Crippen LogP contribution in [0.1, 0.15) is 22.2 Å². The maximum Gasteiger partial charge on any atom is 0.358 e. The van der Waals surface area contributed by atoms with Crippen LogP contribution in [0.25, 0.3) is 5.52 Å². The Balaban J connectivity index is 2.25. The van der Waals surface area contributed by atoms with Crippen LogP contribution in [0.15, 0.2) is 18.2 Å². The molecule has 2 aromatic rings. The van der Waals surface area contributed by atoms with Crippen LogP contribution < -0.4 is 10.1 Å². The Morgan fingerprint density at radius 2 is 2.21 bits per heavy atom. The van der Waals surface area contributed by atoms with Crippen molar-refractivity contribution < 1.29 is 14.3 Å². The normalized spacial score (nSPS) is 15.3. The first-order valence-electron chi connectivity index (χ1n) is 6.10. The van der Waals surface area contributed by atoms with Gasteiger partial charge in [-0.25, -0.2) is 9.78 Å². The van der Waals surface area contributed by atoms with Gasteiger partial charge in [-0.15, -0.1) is 0 Å². The Kier molecular flexibility index (Phi) is 2.87. The molecule has 1 aliphatic heterocycles. The molecule has 0 spiro atoms. The molecule has 19 heavy (non-hydrogen) atoms. The quantitative estimate of drug-likeness (QED) is 0.829. The molecule has 0 saturated carbocycles. The van der Waals surface area contributed by atoms with Crippen molar-refractivity contribution in [3.63, 3.8) is 0 Å². The van der Waals surface area contributed by atoms with Gasteiger partial charge in [-0.05, 0) is 12.1 Å². The van der Waals surface area contributed by atoms with Gasteiger partial charge in [0.25, 0.3) is 0 Å². The van der Waals surface area contributed by atoms with E-state index in [9.17, 15) is 4.79 Å². The molecule has 0 unspecified atom stereocenters. The average molecular weight is 261 g/mol. The second-order valence-electron chi connectivity index (χ2n) is 4.45. The third kappa shape index (κ3) is 1.76. The standard InChI is InChI=1S/C13H15N3O3/c1-18-10-5-3-4-9-11(13(17)19-2)15-12(16(9)10)8-6-14-7-8/h3-5,8,14H,6-7H2,1-2H3. The molecule has 1 aliphatic rings. The highest BCUT2D eigenvalue weighted by Crippen LogP contribution is 2.27. The third-order valence-corrected chi connectivity index (χ3v) is 3.39. The molecular weight excluding hydrogens is 246 g/mol. The first-order valence-corrected chi connectivity index (χ1v) is 6.10. The Hall–Kier alpha value is -2.08. The lowest BCUT2D eigenvalue weighted by Crippen LogP contribution is -2.41. The van der Waals surface area contributed by atoms with Crippen molar-refractivity contribution in [2.75, 3.05) is 27.3 Å². The molecular formula is C13H15N3O3. The highest BCUT2D eigenvalue weighted by molar-refractivity contribution is 5.95. The SMILES string of the molecule is COC(=O)c1nc(C2CNC2)n2c(OC)cccc12. The third-order valence-electron chi connectivity index (χ3n) is 3.39. The van der Waals surface area contributed by atoms with Crippen LogP contribution in [0.4, 0.5) is 0 Å². The number of nitrogens with zero attached hydrogens (tertiary/aromatic N) is 2. The van der Waals surface area contributed by atoms with Crippen LogP contribution in [0.3, 0.4) is 0 Å². The zero-order chi connectivity index (χ0) is 13.4. The summed E-state index contributed by atoms with van der Waals surface area (Å²) in [5.41, 5.74) is 1.05. The lowest BCUT2D eigenvalue weighted by atomic mass is 10.0. The van der Waals surface area contributed by atoms with E-state index in [0.717, 1.165) is 18.9 Å². The zero-order valence-electron chi connectivity index (χ0n) is 10.8. The average Bonchev–Trinajstić information content (AvgIpc) is 2.75. The number of rotatable bonds is 3. The van der Waals surface area contributed by atoms with Crippen LogP contribution in [0, 0.1) is 0 Å². The highest BCUT2D eigenvalue weighted by Gasteiger charge is 2.28. The van der Waals surface area contributed by atoms with Crippen molar-refractivity contribution >= 4 is 11.5 Å². The number of fused-ring (bicyclic) bond motifs is 1. The second kappa shape index (κ2) is 4.55. The minimum absolute atomic E-state index is 0.294. The van der Waals surface area contributed by atoms with Gasteiger partial charge >= 0.3 is 5.97 Å². The molecule has 0 aliphatic carbocycles. The highest BCUT2D eigenvalue weighted by atomic mass is 16.5. The van der Waals surface area contributed by atoms with Crippen LogP contribution in [-0.4, -0.2) is 42.7 Å². The fourth-order valence-corrected chi connectivity index (χ4v) is 2.28. The number of ether oxygens (including phenoxy) is 2. The lowest BCUT2D eigenvalue weighted by Gasteiger charge is -2.26. The molecule has 0 radical (unpaired) electrons. The topological polar surface area (TPSA) is 64.9 Å². The van der Waals surface area contributed by atoms with E-state index in [2.05, 4.69) is 10.3 Å². The largest absolute Gasteiger partial charge is 0.482 e. The van der Waals surface area contributed by atoms with Gasteiger partial charge in [0, 0.05) is 19.0 Å². The van der Waals surface area contributed by atoms with Gasteiger partial charge in [0.05, 0.1) is 19.7 Å². The monoisotopic (exact) mass is 261 g/mol. The van der Waals surface area contributed by atoms with Crippen molar-refractivity contribution in [3.8, 4) is 5.88 Å². The fourth-order valence-electron chi connectivity index (χ4n) is 2.28. The molecule has 0 atom stereocenters. The Morgan fingerprint density at radius 3 is 2.79 bits per heavy atom. The van der Waals surface area contributed by atoms with Gasteiger partial charge in [-0.1, -0.05) is 6.07 Å². The van der Waals surface area contributed by atoms with Crippen LogP contribution in [0.5, 0.6) is 5.88 Å². The van der Waals surface area contributed by atoms with Gasteiger partial charge < -0.3 is 14.8 Å². The number of aromatic nitrogens is 2. The summed E-state index contributed by atoms with van der Waals surface area (Å²) in [7, 11) is 2.97. The van der Waals surface area contributed by atoms with Crippen molar-refractivity contribution in [2.45, 2.75) is 5.92 Å². The molecule has 1 N–H and O–H groups in total. The van der Waals surface area contributed by atoms with E-state index in [1.165, 1.54) is 7.11 Å². The number of carbonyl (C=O) groups excluding carboxylic acids is 1. The Labute approximate surface area is 110 Å². The minimum Gasteiger partial charge on any atom is -0.482 e. The number of hydrogen-bond donors (Lipinski definition) is 1. The molecule has 1 fully saturated rings. The summed E-state index contributed by atoms with van der Waals surface area (Å²) in [4.78, 5) is 16.3. The van der Waals surface area contributed by atoms with Crippen LogP contribution in [0.2, 0.25) is 0 Å². The predicted octanol–water partition coefficient (Wildman–Crippen LogP) is 0.816. The van der Waals surface area contributed by atoms with E-state index >= 15 is 0 Å². The molecule has 6 nitrogen and oxygen atoms in total. The zero-order valence-corrected chi connectivity index (χ0v) is 10.8. The number of methoxy groups -OCH3 is 2. The van der Waals surface area contributed by atoms with Gasteiger partial charge in [0.15, 0.2) is 11.6 Å². The molecule has 0 aromatic carbocycles. The van der Waals surface area contributed by atoms with Crippen molar-refractivity contribution in [2.24, 2.45) is 0 Å². The Bertz CT molecular complexity index is 631. The summed E-state index contributed by atoms with van der Waals surface area (Å²) >= 11 is 0. The summed E-state index contributed by atoms with van der Waals surface area (Å²) in [5.74, 6) is 1.38. The summed E-state index contributed by atoms with van der Waals surface area (Å²) in [5, 5.41) is 3.20. The molecule has 1 saturated heterocycles. The summed E-state index contributed by atoms with van der Waals surface area (Å²) in [6.07, 6.45) is 0. The summed E-state index contributed by atoms with van der Waals surface area (Å²) < 4.78 is 12.0. The van der Waals surface area contributed by atoms with E-state index in [4.69, 9.17) is 9.47 Å². The number of nitrogens with one attached hydrogen (secondary N) is 1. The number of imidazole rings is 1. The first-order chi connectivity index (χ1) is 9.26. The van der Waals surface area contributed by atoms with E-state index in [1.54, 1.807) is 7.11 Å². The number of hydrogen-bond acceptors (Lipinski definition) is 5. The number of pyridine rings is 1. The Morgan fingerprint density at radius 1 is 1.42 bits per heavy atom. The number of carbonyl (C=O) groups is 1. The lowest BCUT2D eigenvalue weighted by molar-refractivity contribution is 0.0596. The first kappa shape index (κ1) is 12.0. The number of esters is 1. The smallest absolute Gasteiger partial charge is 0.358 e. The van der Waals surface area contributed by atoms with Gasteiger partial charge in [-0.2, -0.15) is 0 Å². The van der Waals surface area contributed by atoms with Gasteiger partial charge in [0.2, 0.25) is 0 Å². The molecule has 6 heteroatoms. The van der Waals surface area contributed by atoms with E-state index in [1.807, 2.05) is 22.6 Å². The molecule has 100 valence electrons. The van der Waals surface area contributed by atoms with Gasteiger partial charge in [0.1, 0.15) is 5.82 Å². The van der Waals surface area contributed by atoms with E-state index in [-0.39, 0.29) is 0 Å². The van der Waals surface area contributed by atoms with E-state index in [0.29, 0.717) is 23.0 Å². The summed E-state index contributed by atoms with van der Waals surface area (Å²) in [6, 6.07) is 5.54. The van der Waals surface area contributed by atoms with Gasteiger partial charge in [-0.3, -0.25) is 4.40 Å². The minimum atomic E-state index is -0.427. The molecule has 0 bridgehead atoms. The molecule has 2 aromatic heterocycles. The maximum atomic E-state index is 11.8. The van der Waals surface area contributed by atoms with Crippen LogP contribution in [-0.2, 0) is 4.74 Å². The van der Waals surface area contributed by atoms with Crippen molar-refractivity contribution in [1.82, 2.24) is 14.7 Å². The second-order valence-corrected chi connectivity index (χ2v) is 4.45. The van der Waals surface area contributed by atoms with Crippen molar-refractivity contribution in [1.29, 1.82) is 0 Å². The summed E-state index contributed by atoms with van der Waals surface area (Å²) in [6.45, 7) is 1.72. The molecule has 0 amide bonds. The molecule has 3 rings (SSSR count).